The van der Waals surface area contributed by atoms with Gasteiger partial charge in [0.05, 0.1) is 5.39 Å². The van der Waals surface area contributed by atoms with Crippen molar-refractivity contribution in [3.05, 3.63) is 40.8 Å². The van der Waals surface area contributed by atoms with E-state index in [1.165, 1.54) is 30.3 Å². The number of hydrogen-bond acceptors (Lipinski definition) is 8. The lowest BCUT2D eigenvalue weighted by atomic mass is 9.99. The molecule has 0 bridgehead atoms. The van der Waals surface area contributed by atoms with Crippen LogP contribution in [0.4, 0.5) is 0 Å². The fraction of sp³-hybridized carbons (Fsp3) is 0.333. The molecule has 128 valence electrons. The predicted molar refractivity (Wildman–Crippen MR) is 77.4 cm³/mol. The Balaban J connectivity index is 1.92. The Morgan fingerprint density at radius 3 is 2.50 bits per heavy atom. The van der Waals surface area contributed by atoms with Gasteiger partial charge in [-0.05, 0) is 18.2 Å². The molecule has 1 saturated heterocycles. The van der Waals surface area contributed by atoms with Crippen molar-refractivity contribution < 1.29 is 39.1 Å². The number of fused-ring (bicyclic) bond motifs is 1. The minimum atomic E-state index is -1.80. The Morgan fingerprint density at radius 2 is 1.79 bits per heavy atom. The van der Waals surface area contributed by atoms with Crippen LogP contribution in [0.15, 0.2) is 39.5 Å². The van der Waals surface area contributed by atoms with Crippen LogP contribution in [0.2, 0.25) is 0 Å². The molecule has 0 radical (unpaired) electrons. The van der Waals surface area contributed by atoms with E-state index in [1.807, 2.05) is 0 Å². The molecular formula is C15H14O9. The van der Waals surface area contributed by atoms with Crippen LogP contribution in [-0.2, 0) is 9.53 Å². The van der Waals surface area contributed by atoms with Crippen LogP contribution in [0.3, 0.4) is 0 Å². The van der Waals surface area contributed by atoms with E-state index in [1.54, 1.807) is 0 Å². The van der Waals surface area contributed by atoms with Gasteiger partial charge < -0.3 is 34.3 Å². The van der Waals surface area contributed by atoms with Crippen molar-refractivity contribution in [2.75, 3.05) is 0 Å². The van der Waals surface area contributed by atoms with Gasteiger partial charge in [-0.3, -0.25) is 0 Å². The zero-order valence-electron chi connectivity index (χ0n) is 12.1. The van der Waals surface area contributed by atoms with Crippen LogP contribution in [0.5, 0.6) is 5.75 Å². The Kier molecular flexibility index (Phi) is 4.24. The molecule has 0 spiro atoms. The van der Waals surface area contributed by atoms with Gasteiger partial charge in [-0.15, -0.1) is 0 Å². The molecule has 1 aliphatic heterocycles. The topological polar surface area (TPSA) is 147 Å². The van der Waals surface area contributed by atoms with Gasteiger partial charge in [0.25, 0.3) is 0 Å². The molecule has 0 saturated carbocycles. The number of carboxylic acids is 1. The minimum Gasteiger partial charge on any atom is -0.479 e. The molecule has 2 aromatic rings. The van der Waals surface area contributed by atoms with Crippen LogP contribution in [0, 0.1) is 0 Å². The maximum atomic E-state index is 11.2. The van der Waals surface area contributed by atoms with E-state index in [-0.39, 0.29) is 11.3 Å². The molecule has 1 aromatic carbocycles. The second-order valence-corrected chi connectivity index (χ2v) is 5.28. The van der Waals surface area contributed by atoms with Gasteiger partial charge in [0, 0.05) is 6.07 Å². The molecule has 24 heavy (non-hydrogen) atoms. The summed E-state index contributed by atoms with van der Waals surface area (Å²) >= 11 is 0. The van der Waals surface area contributed by atoms with E-state index < -0.39 is 42.3 Å². The molecule has 9 heteroatoms. The first-order chi connectivity index (χ1) is 11.4. The molecule has 1 fully saturated rings. The molecule has 2 heterocycles. The van der Waals surface area contributed by atoms with E-state index >= 15 is 0 Å². The largest absolute Gasteiger partial charge is 0.479 e. The molecule has 0 amide bonds. The van der Waals surface area contributed by atoms with Crippen molar-refractivity contribution in [1.29, 1.82) is 0 Å². The summed E-state index contributed by atoms with van der Waals surface area (Å²) in [7, 11) is 0. The standard InChI is InChI=1S/C15H14O9/c16-9-5-4-6-7(22-9)2-1-3-8(6)23-15-12(19)10(17)11(18)13(24-15)14(20)21/h1-5,10-13,15,17-19H,(H,20,21). The summed E-state index contributed by atoms with van der Waals surface area (Å²) in [5, 5.41) is 38.8. The fourth-order valence-corrected chi connectivity index (χ4v) is 2.45. The zero-order valence-corrected chi connectivity index (χ0v) is 12.1. The highest BCUT2D eigenvalue weighted by atomic mass is 16.7. The normalized spacial score (nSPS) is 30.2. The first-order valence-corrected chi connectivity index (χ1v) is 7.00. The minimum absolute atomic E-state index is 0.146. The molecule has 9 nitrogen and oxygen atoms in total. The summed E-state index contributed by atoms with van der Waals surface area (Å²) in [6.45, 7) is 0. The molecule has 5 unspecified atom stereocenters. The molecule has 3 rings (SSSR count). The lowest BCUT2D eigenvalue weighted by Gasteiger charge is -2.38. The van der Waals surface area contributed by atoms with E-state index in [2.05, 4.69) is 0 Å². The van der Waals surface area contributed by atoms with Crippen molar-refractivity contribution in [2.45, 2.75) is 30.7 Å². The number of aliphatic hydroxyl groups excluding tert-OH is 3. The molecule has 4 N–H and O–H groups in total. The van der Waals surface area contributed by atoms with Crippen LogP contribution in [-0.4, -0.2) is 57.1 Å². The summed E-state index contributed by atoms with van der Waals surface area (Å²) in [5.74, 6) is -1.36. The first kappa shape index (κ1) is 16.4. The number of aliphatic hydroxyl groups is 3. The van der Waals surface area contributed by atoms with E-state index in [9.17, 15) is 24.9 Å². The Morgan fingerprint density at radius 1 is 1.04 bits per heavy atom. The number of carboxylic acid groups (broad SMARTS) is 1. The number of hydrogen-bond donors (Lipinski definition) is 4. The Labute approximate surface area is 134 Å². The highest BCUT2D eigenvalue weighted by Crippen LogP contribution is 2.29. The monoisotopic (exact) mass is 338 g/mol. The van der Waals surface area contributed by atoms with Crippen molar-refractivity contribution in [2.24, 2.45) is 0 Å². The lowest BCUT2D eigenvalue weighted by molar-refractivity contribution is -0.270. The molecule has 0 aliphatic carbocycles. The van der Waals surface area contributed by atoms with Crippen LogP contribution >= 0.6 is 0 Å². The smallest absolute Gasteiger partial charge is 0.336 e. The molecule has 1 aromatic heterocycles. The van der Waals surface area contributed by atoms with Crippen molar-refractivity contribution in [3.63, 3.8) is 0 Å². The van der Waals surface area contributed by atoms with Crippen molar-refractivity contribution in [3.8, 4) is 5.75 Å². The van der Waals surface area contributed by atoms with Crippen molar-refractivity contribution >= 4 is 16.9 Å². The van der Waals surface area contributed by atoms with Crippen LogP contribution in [0.1, 0.15) is 0 Å². The summed E-state index contributed by atoms with van der Waals surface area (Å²) in [5.41, 5.74) is -0.334. The molecule has 1 aliphatic rings. The molecule has 5 atom stereocenters. The van der Waals surface area contributed by atoms with Gasteiger partial charge >= 0.3 is 11.6 Å². The molecular weight excluding hydrogens is 324 g/mol. The van der Waals surface area contributed by atoms with Gasteiger partial charge in [0.2, 0.25) is 6.29 Å². The summed E-state index contributed by atoms with van der Waals surface area (Å²) in [4.78, 5) is 22.3. The third kappa shape index (κ3) is 2.85. The quantitative estimate of drug-likeness (QED) is 0.521. The average Bonchev–Trinajstić information content (AvgIpc) is 2.54. The third-order valence-electron chi connectivity index (χ3n) is 3.68. The number of ether oxygens (including phenoxy) is 2. The van der Waals surface area contributed by atoms with E-state index in [0.717, 1.165) is 0 Å². The zero-order chi connectivity index (χ0) is 17.4. The van der Waals surface area contributed by atoms with E-state index in [4.69, 9.17) is 19.0 Å². The number of rotatable bonds is 3. The second-order valence-electron chi connectivity index (χ2n) is 5.28. The summed E-state index contributed by atoms with van der Waals surface area (Å²) in [6, 6.07) is 7.15. The maximum Gasteiger partial charge on any atom is 0.336 e. The van der Waals surface area contributed by atoms with Crippen LogP contribution in [0.25, 0.3) is 11.0 Å². The number of benzene rings is 1. The Hall–Kier alpha value is -2.46. The van der Waals surface area contributed by atoms with Gasteiger partial charge in [0.1, 0.15) is 29.6 Å². The van der Waals surface area contributed by atoms with Crippen molar-refractivity contribution in [1.82, 2.24) is 0 Å². The lowest BCUT2D eigenvalue weighted by Crippen LogP contribution is -2.61. The van der Waals surface area contributed by atoms with Gasteiger partial charge in [0.15, 0.2) is 6.10 Å². The van der Waals surface area contributed by atoms with Crippen LogP contribution < -0.4 is 10.4 Å². The van der Waals surface area contributed by atoms with Gasteiger partial charge in [-0.1, -0.05) is 6.07 Å². The van der Waals surface area contributed by atoms with Gasteiger partial charge in [-0.2, -0.15) is 0 Å². The van der Waals surface area contributed by atoms with E-state index in [0.29, 0.717) is 5.39 Å². The predicted octanol–water partition coefficient (Wildman–Crippen LogP) is -0.936. The summed E-state index contributed by atoms with van der Waals surface area (Å²) in [6.07, 6.45) is -8.55. The average molecular weight is 338 g/mol. The number of aliphatic carboxylic acids is 1. The maximum absolute atomic E-state index is 11.2. The Bertz CT molecular complexity index is 814. The SMILES string of the molecule is O=C(O)C1OC(Oc2cccc3oc(=O)ccc23)C(O)C(O)C1O. The fourth-order valence-electron chi connectivity index (χ4n) is 2.45. The highest BCUT2D eigenvalue weighted by Gasteiger charge is 2.48. The highest BCUT2D eigenvalue weighted by molar-refractivity contribution is 5.83. The number of carbonyl (C=O) groups is 1. The first-order valence-electron chi connectivity index (χ1n) is 7.00. The summed E-state index contributed by atoms with van der Waals surface area (Å²) < 4.78 is 15.5. The van der Waals surface area contributed by atoms with Gasteiger partial charge in [-0.25, -0.2) is 9.59 Å². The second kappa shape index (κ2) is 6.21. The third-order valence-corrected chi connectivity index (χ3v) is 3.68.